The molecule has 0 aliphatic heterocycles. The van der Waals surface area contributed by atoms with Crippen molar-refractivity contribution in [2.24, 2.45) is 0 Å². The van der Waals surface area contributed by atoms with E-state index in [1.54, 1.807) is 0 Å². The highest BCUT2D eigenvalue weighted by Gasteiger charge is 2.18. The molecule has 0 saturated heterocycles. The van der Waals surface area contributed by atoms with Crippen LogP contribution in [0.1, 0.15) is 0 Å². The normalized spacial score (nSPS) is 11.3. The van der Waals surface area contributed by atoms with Crippen LogP contribution in [0.25, 0.3) is 111 Å². The number of hydrogen-bond acceptors (Lipinski definition) is 3. The summed E-state index contributed by atoms with van der Waals surface area (Å²) in [7, 11) is 0. The van der Waals surface area contributed by atoms with Gasteiger partial charge in [0.1, 0.15) is 0 Å². The van der Waals surface area contributed by atoms with Crippen molar-refractivity contribution >= 4 is 32.3 Å². The fraction of sp³-hybridized carbons (Fsp3) is 0. The van der Waals surface area contributed by atoms with Crippen LogP contribution in [0.3, 0.4) is 0 Å². The van der Waals surface area contributed by atoms with Crippen LogP contribution < -0.4 is 0 Å². The summed E-state index contributed by atoms with van der Waals surface area (Å²) in [4.78, 5) is 14.9. The van der Waals surface area contributed by atoms with Gasteiger partial charge in [-0.15, -0.1) is 0 Å². The summed E-state index contributed by atoms with van der Waals surface area (Å²) < 4.78 is 0. The first-order chi connectivity index (χ1) is 29.7. The van der Waals surface area contributed by atoms with E-state index < -0.39 is 0 Å². The van der Waals surface area contributed by atoms with Gasteiger partial charge in [-0.1, -0.05) is 224 Å². The first-order valence-electron chi connectivity index (χ1n) is 20.4. The zero-order chi connectivity index (χ0) is 39.8. The van der Waals surface area contributed by atoms with Crippen molar-refractivity contribution in [1.29, 1.82) is 0 Å². The molecule has 60 heavy (non-hydrogen) atoms. The lowest BCUT2D eigenvalue weighted by Gasteiger charge is -2.19. The molecule has 3 nitrogen and oxygen atoms in total. The molecule has 11 rings (SSSR count). The molecule has 3 heteroatoms. The molecule has 0 unspecified atom stereocenters. The minimum absolute atomic E-state index is 0.638. The highest BCUT2D eigenvalue weighted by Crippen LogP contribution is 2.45. The van der Waals surface area contributed by atoms with Gasteiger partial charge in [-0.25, -0.2) is 15.0 Å². The molecule has 0 aliphatic rings. The van der Waals surface area contributed by atoms with Crippen LogP contribution >= 0.6 is 0 Å². The highest BCUT2D eigenvalue weighted by molar-refractivity contribution is 6.23. The van der Waals surface area contributed by atoms with Crippen molar-refractivity contribution in [3.8, 4) is 78.7 Å². The van der Waals surface area contributed by atoms with Gasteiger partial charge in [0.2, 0.25) is 0 Å². The molecule has 0 fully saturated rings. The summed E-state index contributed by atoms with van der Waals surface area (Å²) in [5.74, 6) is 1.93. The van der Waals surface area contributed by atoms with Gasteiger partial charge in [0.05, 0.1) is 0 Å². The summed E-state index contributed by atoms with van der Waals surface area (Å²) in [6, 6.07) is 79.6. The number of fused-ring (bicyclic) bond motifs is 3. The predicted octanol–water partition coefficient (Wildman–Crippen LogP) is 15.0. The Hall–Kier alpha value is -8.01. The fourth-order valence-corrected chi connectivity index (χ4v) is 8.61. The van der Waals surface area contributed by atoms with Gasteiger partial charge in [0.15, 0.2) is 17.5 Å². The number of hydrogen-bond donors (Lipinski definition) is 0. The minimum Gasteiger partial charge on any atom is -0.208 e. The van der Waals surface area contributed by atoms with E-state index in [0.29, 0.717) is 17.5 Å². The van der Waals surface area contributed by atoms with E-state index >= 15 is 0 Å². The Morgan fingerprint density at radius 2 is 0.517 bits per heavy atom. The Morgan fingerprint density at radius 3 is 1.00 bits per heavy atom. The monoisotopic (exact) mass is 763 g/mol. The summed E-state index contributed by atoms with van der Waals surface area (Å²) in [5, 5.41) is 7.51. The van der Waals surface area contributed by atoms with E-state index in [-0.39, 0.29) is 0 Å². The number of aromatic nitrogens is 3. The van der Waals surface area contributed by atoms with Gasteiger partial charge in [-0.05, 0) is 76.8 Å². The Bertz CT molecular complexity index is 3260. The van der Waals surface area contributed by atoms with Gasteiger partial charge in [0, 0.05) is 16.7 Å². The molecule has 0 bridgehead atoms. The van der Waals surface area contributed by atoms with E-state index in [0.717, 1.165) is 33.4 Å². The van der Waals surface area contributed by atoms with Crippen molar-refractivity contribution < 1.29 is 0 Å². The average molecular weight is 764 g/mol. The third-order valence-electron chi connectivity index (χ3n) is 11.6. The van der Waals surface area contributed by atoms with E-state index in [1.165, 1.54) is 60.1 Å². The molecule has 1 aromatic heterocycles. The molecular weight excluding hydrogens is 727 g/mol. The SMILES string of the molecule is c1ccc(-c2ccc(-c3nc(-c4ccccc4)nc(-c4ccc(-c5ccc(-c6c7ccccc7c(-c7cccc8ccccc78)c7ccccc67)cc5)cc4)n3)cc2)cc1. The van der Waals surface area contributed by atoms with Crippen molar-refractivity contribution in [2.75, 3.05) is 0 Å². The minimum atomic E-state index is 0.638. The fourth-order valence-electron chi connectivity index (χ4n) is 8.61. The molecule has 0 spiro atoms. The second kappa shape index (κ2) is 15.1. The zero-order valence-electron chi connectivity index (χ0n) is 32.7. The lowest BCUT2D eigenvalue weighted by Crippen LogP contribution is -2.00. The van der Waals surface area contributed by atoms with Gasteiger partial charge < -0.3 is 0 Å². The topological polar surface area (TPSA) is 38.7 Å². The summed E-state index contributed by atoms with van der Waals surface area (Å²) in [6.07, 6.45) is 0. The predicted molar refractivity (Wildman–Crippen MR) is 250 cm³/mol. The largest absolute Gasteiger partial charge is 0.208 e. The second-order valence-electron chi connectivity index (χ2n) is 15.1. The van der Waals surface area contributed by atoms with Crippen molar-refractivity contribution in [1.82, 2.24) is 15.0 Å². The summed E-state index contributed by atoms with van der Waals surface area (Å²) in [5.41, 5.74) is 12.4. The maximum absolute atomic E-state index is 5.02. The van der Waals surface area contributed by atoms with Crippen LogP contribution in [-0.2, 0) is 0 Å². The molecule has 280 valence electrons. The smallest absolute Gasteiger partial charge is 0.164 e. The maximum Gasteiger partial charge on any atom is 0.164 e. The Morgan fingerprint density at radius 1 is 0.200 bits per heavy atom. The Balaban J connectivity index is 0.950. The van der Waals surface area contributed by atoms with Crippen LogP contribution in [0.2, 0.25) is 0 Å². The van der Waals surface area contributed by atoms with E-state index in [2.05, 4.69) is 188 Å². The maximum atomic E-state index is 5.02. The van der Waals surface area contributed by atoms with Gasteiger partial charge >= 0.3 is 0 Å². The molecular formula is C57H37N3. The summed E-state index contributed by atoms with van der Waals surface area (Å²) in [6.45, 7) is 0. The van der Waals surface area contributed by atoms with Gasteiger partial charge in [-0.3, -0.25) is 0 Å². The van der Waals surface area contributed by atoms with E-state index in [9.17, 15) is 0 Å². The molecule has 0 saturated carbocycles. The van der Waals surface area contributed by atoms with E-state index in [1.807, 2.05) is 36.4 Å². The highest BCUT2D eigenvalue weighted by atomic mass is 15.0. The van der Waals surface area contributed by atoms with Crippen LogP contribution in [0.4, 0.5) is 0 Å². The quantitative estimate of drug-likeness (QED) is 0.152. The number of nitrogens with zero attached hydrogens (tertiary/aromatic N) is 3. The molecule has 11 aromatic rings. The van der Waals surface area contributed by atoms with Crippen LogP contribution in [-0.4, -0.2) is 15.0 Å². The summed E-state index contributed by atoms with van der Waals surface area (Å²) >= 11 is 0. The van der Waals surface area contributed by atoms with Crippen molar-refractivity contribution in [3.63, 3.8) is 0 Å². The van der Waals surface area contributed by atoms with Gasteiger partial charge in [-0.2, -0.15) is 0 Å². The van der Waals surface area contributed by atoms with Crippen LogP contribution in [0, 0.1) is 0 Å². The van der Waals surface area contributed by atoms with E-state index in [4.69, 9.17) is 15.0 Å². The molecule has 0 atom stereocenters. The third kappa shape index (κ3) is 6.39. The lowest BCUT2D eigenvalue weighted by molar-refractivity contribution is 1.07. The Kier molecular flexibility index (Phi) is 8.83. The van der Waals surface area contributed by atoms with Gasteiger partial charge in [0.25, 0.3) is 0 Å². The number of benzene rings is 10. The molecule has 10 aromatic carbocycles. The molecule has 0 amide bonds. The van der Waals surface area contributed by atoms with Crippen LogP contribution in [0.5, 0.6) is 0 Å². The van der Waals surface area contributed by atoms with Crippen molar-refractivity contribution in [3.05, 3.63) is 224 Å². The zero-order valence-corrected chi connectivity index (χ0v) is 32.7. The average Bonchev–Trinajstić information content (AvgIpc) is 3.34. The van der Waals surface area contributed by atoms with Crippen LogP contribution in [0.15, 0.2) is 224 Å². The molecule has 1 heterocycles. The second-order valence-corrected chi connectivity index (χ2v) is 15.1. The first kappa shape index (κ1) is 35.2. The first-order valence-corrected chi connectivity index (χ1v) is 20.4. The van der Waals surface area contributed by atoms with Crippen molar-refractivity contribution in [2.45, 2.75) is 0 Å². The number of rotatable bonds is 7. The molecule has 0 aliphatic carbocycles. The molecule has 0 N–H and O–H groups in total. The lowest BCUT2D eigenvalue weighted by atomic mass is 9.84. The third-order valence-corrected chi connectivity index (χ3v) is 11.6. The standard InChI is InChI=1S/C57H37N3/c1-3-14-38(15-4-1)39-28-34-45(35-29-39)56-58-55(44-17-5-2-6-18-44)59-57(60-56)46-36-30-41(31-37-46)40-26-32-43(33-27-40)53-49-21-9-11-23-51(49)54(52-24-12-10-22-50(52)53)48-25-13-19-42-16-7-8-20-47(42)48/h1-37H. The molecule has 0 radical (unpaired) electrons. The Labute approximate surface area is 349 Å².